The van der Waals surface area contributed by atoms with E-state index >= 15 is 0 Å². The molecule has 106 valence electrons. The predicted octanol–water partition coefficient (Wildman–Crippen LogP) is 3.37. The van der Waals surface area contributed by atoms with E-state index < -0.39 is 11.0 Å². The first kappa shape index (κ1) is 13.3. The maximum atomic E-state index is 12.6. The topological polar surface area (TPSA) is 43.4 Å². The Balaban J connectivity index is 2.08. The van der Waals surface area contributed by atoms with Gasteiger partial charge in [-0.2, -0.15) is 0 Å². The van der Waals surface area contributed by atoms with Crippen LogP contribution in [0.25, 0.3) is 0 Å². The molecular formula is C17H20O3. The van der Waals surface area contributed by atoms with Gasteiger partial charge in [0.1, 0.15) is 0 Å². The van der Waals surface area contributed by atoms with Gasteiger partial charge in [0.05, 0.1) is 0 Å². The van der Waals surface area contributed by atoms with Gasteiger partial charge in [0, 0.05) is 6.42 Å². The molecule has 0 spiro atoms. The average molecular weight is 272 g/mol. The van der Waals surface area contributed by atoms with Crippen LogP contribution in [0.1, 0.15) is 51.0 Å². The zero-order valence-electron chi connectivity index (χ0n) is 11.9. The highest BCUT2D eigenvalue weighted by Gasteiger charge is 2.73. The number of ketones is 1. The summed E-state index contributed by atoms with van der Waals surface area (Å²) in [5.41, 5.74) is -0.637. The van der Waals surface area contributed by atoms with Gasteiger partial charge in [0.25, 0.3) is 0 Å². The lowest BCUT2D eigenvalue weighted by molar-refractivity contribution is -0.253. The van der Waals surface area contributed by atoms with E-state index in [1.54, 1.807) is 0 Å². The molecule has 3 rings (SSSR count). The van der Waals surface area contributed by atoms with Gasteiger partial charge in [-0.15, -0.1) is 0 Å². The minimum atomic E-state index is -0.914. The Bertz CT molecular complexity index is 536. The summed E-state index contributed by atoms with van der Waals surface area (Å²) in [7, 11) is 0. The summed E-state index contributed by atoms with van der Waals surface area (Å²) in [5, 5.41) is 0. The largest absolute Gasteiger partial charge is 0.452 e. The second-order valence-electron chi connectivity index (χ2n) is 5.87. The van der Waals surface area contributed by atoms with E-state index in [9.17, 15) is 9.59 Å². The van der Waals surface area contributed by atoms with Crippen molar-refractivity contribution in [3.05, 3.63) is 35.9 Å². The van der Waals surface area contributed by atoms with Gasteiger partial charge < -0.3 is 4.74 Å². The molecule has 0 radical (unpaired) electrons. The average Bonchev–Trinajstić information content (AvgIpc) is 2.46. The first-order chi connectivity index (χ1) is 9.67. The van der Waals surface area contributed by atoms with Crippen LogP contribution in [-0.2, 0) is 19.9 Å². The molecule has 2 aliphatic rings. The molecule has 3 heteroatoms. The van der Waals surface area contributed by atoms with Crippen molar-refractivity contribution in [2.45, 2.75) is 51.0 Å². The van der Waals surface area contributed by atoms with Crippen LogP contribution in [0.4, 0.5) is 0 Å². The van der Waals surface area contributed by atoms with E-state index in [2.05, 4.69) is 6.92 Å². The van der Waals surface area contributed by atoms with Crippen molar-refractivity contribution in [3.8, 4) is 0 Å². The number of carbonyl (C=O) groups excluding carboxylic acids is 2. The van der Waals surface area contributed by atoms with Crippen LogP contribution < -0.4 is 0 Å². The fourth-order valence-electron chi connectivity index (χ4n) is 3.81. The zero-order valence-corrected chi connectivity index (χ0v) is 11.9. The number of carbonyl (C=O) groups is 2. The molecule has 0 aromatic heterocycles. The van der Waals surface area contributed by atoms with Gasteiger partial charge in [-0.05, 0) is 24.8 Å². The summed E-state index contributed by atoms with van der Waals surface area (Å²) in [6.07, 6.45) is 4.55. The molecule has 1 saturated heterocycles. The summed E-state index contributed by atoms with van der Waals surface area (Å²) in [6, 6.07) is 9.79. The Hall–Kier alpha value is -1.64. The van der Waals surface area contributed by atoms with E-state index in [1.165, 1.54) is 0 Å². The minimum absolute atomic E-state index is 0.0808. The maximum Gasteiger partial charge on any atom is 0.325 e. The van der Waals surface area contributed by atoms with Gasteiger partial charge >= 0.3 is 5.97 Å². The zero-order chi connectivity index (χ0) is 14.2. The molecule has 1 aliphatic carbocycles. The summed E-state index contributed by atoms with van der Waals surface area (Å²) in [6.45, 7) is 2.08. The molecule has 1 aromatic rings. The Morgan fingerprint density at radius 1 is 1.20 bits per heavy atom. The molecule has 1 saturated carbocycles. The van der Waals surface area contributed by atoms with Crippen molar-refractivity contribution in [3.63, 3.8) is 0 Å². The third-order valence-corrected chi connectivity index (χ3v) is 4.86. The highest BCUT2D eigenvalue weighted by atomic mass is 16.6. The fourth-order valence-corrected chi connectivity index (χ4v) is 3.81. The molecule has 20 heavy (non-hydrogen) atoms. The third-order valence-electron chi connectivity index (χ3n) is 4.86. The van der Waals surface area contributed by atoms with Crippen molar-refractivity contribution < 1.29 is 14.3 Å². The number of rotatable bonds is 4. The Labute approximate surface area is 119 Å². The van der Waals surface area contributed by atoms with Crippen molar-refractivity contribution >= 4 is 11.8 Å². The monoisotopic (exact) mass is 272 g/mol. The Kier molecular flexibility index (Phi) is 3.15. The summed E-state index contributed by atoms with van der Waals surface area (Å²) < 4.78 is 5.63. The first-order valence-corrected chi connectivity index (χ1v) is 7.49. The number of hydrogen-bond donors (Lipinski definition) is 0. The third kappa shape index (κ3) is 1.52. The van der Waals surface area contributed by atoms with Gasteiger partial charge in [0.15, 0.2) is 16.8 Å². The van der Waals surface area contributed by atoms with E-state index in [0.29, 0.717) is 12.8 Å². The first-order valence-electron chi connectivity index (χ1n) is 7.49. The molecule has 0 N–H and O–H groups in total. The van der Waals surface area contributed by atoms with Gasteiger partial charge in [-0.25, -0.2) is 0 Å². The lowest BCUT2D eigenvalue weighted by Crippen LogP contribution is -2.69. The SMILES string of the molecule is CCCCC12C(=O)CCCC1(c1ccccc1)OC2=O. The number of benzene rings is 1. The molecule has 3 nitrogen and oxygen atoms in total. The van der Waals surface area contributed by atoms with Crippen molar-refractivity contribution in [2.24, 2.45) is 5.41 Å². The standard InChI is InChI=1S/C17H20O3/c1-2-3-11-16-14(18)10-7-12-17(16,20-15(16)19)13-8-5-4-6-9-13/h4-6,8-9H,2-3,7,10-12H2,1H3. The quantitative estimate of drug-likeness (QED) is 0.623. The van der Waals surface area contributed by atoms with E-state index in [1.807, 2.05) is 30.3 Å². The molecular weight excluding hydrogens is 252 g/mol. The van der Waals surface area contributed by atoms with E-state index in [-0.39, 0.29) is 11.8 Å². The van der Waals surface area contributed by atoms with Gasteiger partial charge in [-0.1, -0.05) is 50.1 Å². The van der Waals surface area contributed by atoms with Gasteiger partial charge in [-0.3, -0.25) is 9.59 Å². The molecule has 1 aliphatic heterocycles. The number of Topliss-reactive ketones (excluding diaryl/α,β-unsaturated/α-hetero) is 1. The molecule has 2 unspecified atom stereocenters. The predicted molar refractivity (Wildman–Crippen MR) is 75.0 cm³/mol. The molecule has 0 bridgehead atoms. The van der Waals surface area contributed by atoms with Crippen LogP contribution in [0.15, 0.2) is 30.3 Å². The number of ether oxygens (including phenoxy) is 1. The van der Waals surface area contributed by atoms with Crippen molar-refractivity contribution in [1.82, 2.24) is 0 Å². The molecule has 1 aromatic carbocycles. The summed E-state index contributed by atoms with van der Waals surface area (Å²) in [5.74, 6) is -0.225. The van der Waals surface area contributed by atoms with Crippen LogP contribution in [-0.4, -0.2) is 11.8 Å². The van der Waals surface area contributed by atoms with Crippen LogP contribution in [0.5, 0.6) is 0 Å². The van der Waals surface area contributed by atoms with Crippen LogP contribution in [0.3, 0.4) is 0 Å². The Morgan fingerprint density at radius 2 is 1.95 bits per heavy atom. The number of unbranched alkanes of at least 4 members (excludes halogenated alkanes) is 1. The summed E-state index contributed by atoms with van der Waals surface area (Å²) in [4.78, 5) is 24.8. The smallest absolute Gasteiger partial charge is 0.325 e. The lowest BCUT2D eigenvalue weighted by Gasteiger charge is -2.58. The molecule has 0 amide bonds. The molecule has 1 heterocycles. The molecule has 2 atom stereocenters. The van der Waals surface area contributed by atoms with Crippen molar-refractivity contribution in [1.29, 1.82) is 0 Å². The maximum absolute atomic E-state index is 12.6. The van der Waals surface area contributed by atoms with E-state index in [4.69, 9.17) is 4.74 Å². The van der Waals surface area contributed by atoms with Gasteiger partial charge in [0.2, 0.25) is 0 Å². The lowest BCUT2D eigenvalue weighted by atomic mass is 9.54. The van der Waals surface area contributed by atoms with Crippen LogP contribution in [0, 0.1) is 5.41 Å². The van der Waals surface area contributed by atoms with Crippen LogP contribution in [0.2, 0.25) is 0 Å². The number of esters is 1. The Morgan fingerprint density at radius 3 is 2.60 bits per heavy atom. The van der Waals surface area contributed by atoms with E-state index in [0.717, 1.165) is 31.2 Å². The normalized spacial score (nSPS) is 32.2. The highest BCUT2D eigenvalue weighted by Crippen LogP contribution is 2.61. The van der Waals surface area contributed by atoms with Crippen molar-refractivity contribution in [2.75, 3.05) is 0 Å². The fraction of sp³-hybridized carbons (Fsp3) is 0.529. The second-order valence-corrected chi connectivity index (χ2v) is 5.87. The number of fused-ring (bicyclic) bond motifs is 1. The number of hydrogen-bond acceptors (Lipinski definition) is 3. The minimum Gasteiger partial charge on any atom is -0.452 e. The highest BCUT2D eigenvalue weighted by molar-refractivity contribution is 6.10. The molecule has 2 fully saturated rings. The van der Waals surface area contributed by atoms with Crippen LogP contribution >= 0.6 is 0 Å². The summed E-state index contributed by atoms with van der Waals surface area (Å²) >= 11 is 0. The second kappa shape index (κ2) is 4.72.